The Morgan fingerprint density at radius 1 is 1.50 bits per heavy atom. The second-order valence-electron chi connectivity index (χ2n) is 4.85. The normalized spacial score (nSPS) is 27.2. The van der Waals surface area contributed by atoms with E-state index in [-0.39, 0.29) is 0 Å². The minimum atomic E-state index is 0.614. The first-order chi connectivity index (χ1) is 7.66. The van der Waals surface area contributed by atoms with Crippen LogP contribution in [0.3, 0.4) is 0 Å². The van der Waals surface area contributed by atoms with Crippen LogP contribution in [-0.4, -0.2) is 46.4 Å². The van der Waals surface area contributed by atoms with E-state index < -0.39 is 0 Å². The molecule has 16 heavy (non-hydrogen) atoms. The molecule has 0 aliphatic carbocycles. The van der Waals surface area contributed by atoms with Gasteiger partial charge in [0.1, 0.15) is 0 Å². The van der Waals surface area contributed by atoms with Crippen molar-refractivity contribution in [3.8, 4) is 0 Å². The molecule has 1 aliphatic rings. The number of nitrogens with one attached hydrogen (secondary N) is 1. The zero-order valence-electron chi connectivity index (χ0n) is 10.5. The molecule has 4 nitrogen and oxygen atoms in total. The van der Waals surface area contributed by atoms with Gasteiger partial charge in [-0.3, -0.25) is 9.58 Å². The van der Waals surface area contributed by atoms with Crippen molar-refractivity contribution in [2.45, 2.75) is 32.4 Å². The Hall–Kier alpha value is -0.870. The first-order valence-corrected chi connectivity index (χ1v) is 6.11. The second kappa shape index (κ2) is 4.97. The predicted octanol–water partition coefficient (Wildman–Crippen LogP) is 0.645. The molecule has 1 fully saturated rings. The third kappa shape index (κ3) is 2.62. The molecule has 0 saturated carbocycles. The van der Waals surface area contributed by atoms with E-state index in [1.54, 1.807) is 0 Å². The summed E-state index contributed by atoms with van der Waals surface area (Å²) in [6, 6.07) is 3.36. The zero-order valence-corrected chi connectivity index (χ0v) is 10.5. The average Bonchev–Trinajstić information content (AvgIpc) is 2.66. The third-order valence-corrected chi connectivity index (χ3v) is 3.47. The smallest absolute Gasteiger partial charge is 0.0492 e. The van der Waals surface area contributed by atoms with Gasteiger partial charge in [-0.2, -0.15) is 5.10 Å². The lowest BCUT2D eigenvalue weighted by molar-refractivity contribution is 0.147. The van der Waals surface area contributed by atoms with Crippen LogP contribution in [0.4, 0.5) is 0 Å². The summed E-state index contributed by atoms with van der Waals surface area (Å²) in [4.78, 5) is 2.56. The summed E-state index contributed by atoms with van der Waals surface area (Å²) in [5.74, 6) is 0. The summed E-state index contributed by atoms with van der Waals surface area (Å²) >= 11 is 0. The van der Waals surface area contributed by atoms with Crippen LogP contribution in [0.1, 0.15) is 19.5 Å². The molecular formula is C12H22N4. The number of hydrogen-bond acceptors (Lipinski definition) is 3. The van der Waals surface area contributed by atoms with Gasteiger partial charge in [0, 0.05) is 57.1 Å². The lowest BCUT2D eigenvalue weighted by Gasteiger charge is -2.37. The van der Waals surface area contributed by atoms with Gasteiger partial charge in [-0.1, -0.05) is 0 Å². The number of rotatable bonds is 3. The van der Waals surface area contributed by atoms with Crippen LogP contribution in [0, 0.1) is 0 Å². The minimum absolute atomic E-state index is 0.614. The fourth-order valence-electron chi connectivity index (χ4n) is 2.31. The number of nitrogens with zero attached hydrogens (tertiary/aromatic N) is 3. The van der Waals surface area contributed by atoms with Crippen LogP contribution in [0.15, 0.2) is 12.3 Å². The van der Waals surface area contributed by atoms with Crippen molar-refractivity contribution in [3.63, 3.8) is 0 Å². The van der Waals surface area contributed by atoms with E-state index in [1.807, 2.05) is 17.9 Å². The highest BCUT2D eigenvalue weighted by molar-refractivity contribution is 5.00. The molecule has 0 radical (unpaired) electrons. The van der Waals surface area contributed by atoms with Crippen molar-refractivity contribution >= 4 is 0 Å². The number of aromatic nitrogens is 2. The highest BCUT2D eigenvalue weighted by Gasteiger charge is 2.21. The molecular weight excluding hydrogens is 200 g/mol. The lowest BCUT2D eigenvalue weighted by atomic mass is 10.1. The van der Waals surface area contributed by atoms with E-state index in [2.05, 4.69) is 35.2 Å². The van der Waals surface area contributed by atoms with Gasteiger partial charge in [-0.25, -0.2) is 0 Å². The maximum atomic E-state index is 4.20. The van der Waals surface area contributed by atoms with Crippen LogP contribution in [0.5, 0.6) is 0 Å². The Morgan fingerprint density at radius 2 is 2.31 bits per heavy atom. The monoisotopic (exact) mass is 222 g/mol. The van der Waals surface area contributed by atoms with Crippen LogP contribution in [0.25, 0.3) is 0 Å². The molecule has 1 N–H and O–H groups in total. The molecule has 2 rings (SSSR count). The van der Waals surface area contributed by atoms with Gasteiger partial charge in [-0.05, 0) is 19.9 Å². The van der Waals surface area contributed by atoms with E-state index in [4.69, 9.17) is 0 Å². The first kappa shape index (κ1) is 11.6. The summed E-state index contributed by atoms with van der Waals surface area (Å²) in [7, 11) is 2.01. The molecule has 4 heteroatoms. The van der Waals surface area contributed by atoms with Gasteiger partial charge in [-0.15, -0.1) is 0 Å². The molecule has 90 valence electrons. The predicted molar refractivity (Wildman–Crippen MR) is 65.4 cm³/mol. The summed E-state index contributed by atoms with van der Waals surface area (Å²) in [6.45, 7) is 7.93. The molecule has 0 aromatic carbocycles. The average molecular weight is 222 g/mol. The van der Waals surface area contributed by atoms with E-state index >= 15 is 0 Å². The van der Waals surface area contributed by atoms with Gasteiger partial charge >= 0.3 is 0 Å². The van der Waals surface area contributed by atoms with E-state index in [0.29, 0.717) is 12.1 Å². The van der Waals surface area contributed by atoms with Crippen molar-refractivity contribution in [1.82, 2.24) is 20.0 Å². The van der Waals surface area contributed by atoms with Crippen LogP contribution in [-0.2, 0) is 13.5 Å². The Morgan fingerprint density at radius 3 is 3.00 bits per heavy atom. The third-order valence-electron chi connectivity index (χ3n) is 3.47. The summed E-state index contributed by atoms with van der Waals surface area (Å²) < 4.78 is 1.97. The Labute approximate surface area is 97.6 Å². The molecule has 0 amide bonds. The van der Waals surface area contributed by atoms with E-state index in [1.165, 1.54) is 5.69 Å². The molecule has 0 spiro atoms. The van der Waals surface area contributed by atoms with Gasteiger partial charge in [0.15, 0.2) is 0 Å². The van der Waals surface area contributed by atoms with Crippen molar-refractivity contribution in [2.75, 3.05) is 19.6 Å². The summed E-state index contributed by atoms with van der Waals surface area (Å²) in [5.41, 5.74) is 1.32. The molecule has 1 aliphatic heterocycles. The van der Waals surface area contributed by atoms with Crippen LogP contribution < -0.4 is 5.32 Å². The van der Waals surface area contributed by atoms with Gasteiger partial charge in [0.2, 0.25) is 0 Å². The van der Waals surface area contributed by atoms with Crippen molar-refractivity contribution in [3.05, 3.63) is 18.0 Å². The maximum Gasteiger partial charge on any atom is 0.0492 e. The first-order valence-electron chi connectivity index (χ1n) is 6.11. The summed E-state index contributed by atoms with van der Waals surface area (Å²) in [6.07, 6.45) is 2.96. The molecule has 2 unspecified atom stereocenters. The van der Waals surface area contributed by atoms with Gasteiger partial charge in [0.25, 0.3) is 0 Å². The molecule has 2 atom stereocenters. The highest BCUT2D eigenvalue weighted by atomic mass is 15.3. The number of aryl methyl sites for hydroxylation is 1. The summed E-state index contributed by atoms with van der Waals surface area (Å²) in [5, 5.41) is 7.71. The Balaban J connectivity index is 1.87. The van der Waals surface area contributed by atoms with E-state index in [0.717, 1.165) is 26.1 Å². The van der Waals surface area contributed by atoms with Crippen molar-refractivity contribution < 1.29 is 0 Å². The van der Waals surface area contributed by atoms with Gasteiger partial charge < -0.3 is 5.32 Å². The molecule has 1 aromatic heterocycles. The quantitative estimate of drug-likeness (QED) is 0.815. The zero-order chi connectivity index (χ0) is 11.5. The largest absolute Gasteiger partial charge is 0.311 e. The SMILES string of the molecule is CC1CN(CCc2ccnn2C)C(C)CN1. The Kier molecular flexibility index (Phi) is 3.61. The molecule has 1 aromatic rings. The number of piperazine rings is 1. The van der Waals surface area contributed by atoms with Crippen LogP contribution >= 0.6 is 0 Å². The standard InChI is InChI=1S/C12H22N4/c1-10-9-16(11(2)8-13-10)7-5-12-4-6-14-15(12)3/h4,6,10-11,13H,5,7-9H2,1-3H3. The molecule has 2 heterocycles. The van der Waals surface area contributed by atoms with E-state index in [9.17, 15) is 0 Å². The highest BCUT2D eigenvalue weighted by Crippen LogP contribution is 2.08. The fraction of sp³-hybridized carbons (Fsp3) is 0.750. The topological polar surface area (TPSA) is 33.1 Å². The minimum Gasteiger partial charge on any atom is -0.311 e. The lowest BCUT2D eigenvalue weighted by Crippen LogP contribution is -2.54. The van der Waals surface area contributed by atoms with Crippen molar-refractivity contribution in [2.24, 2.45) is 7.05 Å². The molecule has 0 bridgehead atoms. The Bertz CT molecular complexity index is 334. The van der Waals surface area contributed by atoms with Gasteiger partial charge in [0.05, 0.1) is 0 Å². The maximum absolute atomic E-state index is 4.20. The molecule has 1 saturated heterocycles. The number of hydrogen-bond donors (Lipinski definition) is 1. The fourth-order valence-corrected chi connectivity index (χ4v) is 2.31. The van der Waals surface area contributed by atoms with Crippen LogP contribution in [0.2, 0.25) is 0 Å². The van der Waals surface area contributed by atoms with Crippen molar-refractivity contribution in [1.29, 1.82) is 0 Å². The second-order valence-corrected chi connectivity index (χ2v) is 4.85.